The molecule has 2 aliphatic rings. The van der Waals surface area contributed by atoms with E-state index < -0.39 is 12.0 Å². The summed E-state index contributed by atoms with van der Waals surface area (Å²) in [6.07, 6.45) is -0.746. The molecule has 0 radical (unpaired) electrons. The number of furan rings is 1. The molecule has 0 spiro atoms. The smallest absolute Gasteiger partial charge is 0.317 e. The number of rotatable bonds is 5. The van der Waals surface area contributed by atoms with Crippen LogP contribution in [0.4, 0.5) is 16.1 Å². The Labute approximate surface area is 228 Å². The lowest BCUT2D eigenvalue weighted by Crippen LogP contribution is -2.36. The van der Waals surface area contributed by atoms with Gasteiger partial charge in [-0.05, 0) is 17.7 Å². The molecule has 5 aromatic rings. The second kappa shape index (κ2) is 10.0. The molecule has 4 heterocycles. The van der Waals surface area contributed by atoms with Crippen molar-refractivity contribution in [1.82, 2.24) is 10.2 Å². The van der Waals surface area contributed by atoms with Crippen molar-refractivity contribution in [3.05, 3.63) is 95.3 Å². The second-order valence-electron chi connectivity index (χ2n) is 9.62. The molecule has 2 aliphatic heterocycles. The molecular weight excluding hydrogens is 513 g/mol. The number of aliphatic imine (C=N–C) groups is 1. The number of anilines is 2. The first kappa shape index (κ1) is 24.2. The van der Waals surface area contributed by atoms with Gasteiger partial charge in [0.25, 0.3) is 5.89 Å². The van der Waals surface area contributed by atoms with Gasteiger partial charge in [0.1, 0.15) is 11.4 Å². The van der Waals surface area contributed by atoms with E-state index in [1.54, 1.807) is 6.07 Å². The van der Waals surface area contributed by atoms with E-state index in [0.29, 0.717) is 43.4 Å². The Hall–Kier alpha value is -4.83. The largest absolute Gasteiger partial charge is 0.449 e. The van der Waals surface area contributed by atoms with Crippen molar-refractivity contribution in [3.63, 3.8) is 0 Å². The average Bonchev–Trinajstić information content (AvgIpc) is 3.57. The van der Waals surface area contributed by atoms with Crippen molar-refractivity contribution in [2.45, 2.75) is 12.6 Å². The molecule has 0 aliphatic carbocycles. The van der Waals surface area contributed by atoms with Crippen LogP contribution in [-0.4, -0.2) is 54.2 Å². The molecular formula is C30H24FN5O4. The van der Waals surface area contributed by atoms with E-state index in [9.17, 15) is 9.18 Å². The van der Waals surface area contributed by atoms with E-state index in [1.165, 1.54) is 12.1 Å². The van der Waals surface area contributed by atoms with Gasteiger partial charge in [-0.1, -0.05) is 59.7 Å². The van der Waals surface area contributed by atoms with E-state index >= 15 is 0 Å². The second-order valence-corrected chi connectivity index (χ2v) is 9.62. The number of aromatic nitrogens is 2. The molecule has 0 amide bonds. The van der Waals surface area contributed by atoms with Crippen LogP contribution in [0.5, 0.6) is 0 Å². The average molecular weight is 538 g/mol. The van der Waals surface area contributed by atoms with Gasteiger partial charge in [-0.25, -0.2) is 4.39 Å². The molecule has 9 nitrogen and oxygen atoms in total. The number of morpholine rings is 1. The number of halogens is 1. The molecule has 0 bridgehead atoms. The Kier molecular flexibility index (Phi) is 6.09. The van der Waals surface area contributed by atoms with E-state index in [0.717, 1.165) is 27.8 Å². The Morgan fingerprint density at radius 1 is 0.925 bits per heavy atom. The number of hydrogen-bond acceptors (Lipinski definition) is 9. The summed E-state index contributed by atoms with van der Waals surface area (Å²) in [6, 6.07) is 21.9. The number of carbonyl (C=O) groups is 1. The van der Waals surface area contributed by atoms with E-state index in [1.807, 2.05) is 54.6 Å². The van der Waals surface area contributed by atoms with Crippen LogP contribution in [0.2, 0.25) is 0 Å². The van der Waals surface area contributed by atoms with Gasteiger partial charge >= 0.3 is 6.01 Å². The summed E-state index contributed by atoms with van der Waals surface area (Å²) < 4.78 is 31.5. The zero-order valence-electron chi connectivity index (χ0n) is 21.3. The highest BCUT2D eigenvalue weighted by molar-refractivity contribution is 6.16. The SMILES string of the molecule is O=C1Cc2ccccc2C(c2ccccc2)=N[C@@H]1Nc1nnc(-c2oc3cc(F)ccc3c2N2CCOCC2)o1. The van der Waals surface area contributed by atoms with Gasteiger partial charge in [-0.15, -0.1) is 5.10 Å². The molecule has 7 rings (SSSR count). The Bertz CT molecular complexity index is 1740. The van der Waals surface area contributed by atoms with Crippen molar-refractivity contribution in [2.75, 3.05) is 36.5 Å². The van der Waals surface area contributed by atoms with Crippen LogP contribution in [0.3, 0.4) is 0 Å². The Morgan fingerprint density at radius 2 is 1.73 bits per heavy atom. The first-order valence-corrected chi connectivity index (χ1v) is 13.0. The summed E-state index contributed by atoms with van der Waals surface area (Å²) in [6.45, 7) is 2.37. The molecule has 3 aromatic carbocycles. The van der Waals surface area contributed by atoms with Gasteiger partial charge in [0.05, 0.1) is 24.6 Å². The van der Waals surface area contributed by atoms with Gasteiger partial charge in [0, 0.05) is 42.1 Å². The maximum atomic E-state index is 14.0. The lowest BCUT2D eigenvalue weighted by Gasteiger charge is -2.28. The van der Waals surface area contributed by atoms with Crippen molar-refractivity contribution < 1.29 is 22.8 Å². The minimum absolute atomic E-state index is 0.0232. The third kappa shape index (κ3) is 4.42. The van der Waals surface area contributed by atoms with Gasteiger partial charge in [-0.2, -0.15) is 0 Å². The van der Waals surface area contributed by atoms with Crippen molar-refractivity contribution in [1.29, 1.82) is 0 Å². The highest BCUT2D eigenvalue weighted by Gasteiger charge is 2.30. The minimum Gasteiger partial charge on any atom is -0.449 e. The summed E-state index contributed by atoms with van der Waals surface area (Å²) in [4.78, 5) is 20.2. The van der Waals surface area contributed by atoms with E-state index in [2.05, 4.69) is 20.4 Å². The fourth-order valence-electron chi connectivity index (χ4n) is 5.19. The number of nitrogens with zero attached hydrogens (tertiary/aromatic N) is 4. The third-order valence-electron chi connectivity index (χ3n) is 7.08. The van der Waals surface area contributed by atoms with Crippen LogP contribution in [0.1, 0.15) is 16.7 Å². The van der Waals surface area contributed by atoms with Crippen LogP contribution in [-0.2, 0) is 16.0 Å². The highest BCUT2D eigenvalue weighted by atomic mass is 19.1. The van der Waals surface area contributed by atoms with Gasteiger partial charge in [0.15, 0.2) is 11.9 Å². The summed E-state index contributed by atoms with van der Waals surface area (Å²) in [7, 11) is 0. The molecule has 0 unspecified atom stereocenters. The van der Waals surface area contributed by atoms with E-state index in [-0.39, 0.29) is 24.1 Å². The van der Waals surface area contributed by atoms with Gasteiger partial charge in [0.2, 0.25) is 5.76 Å². The summed E-state index contributed by atoms with van der Waals surface area (Å²) in [5.41, 5.74) is 4.51. The third-order valence-corrected chi connectivity index (χ3v) is 7.08. The molecule has 0 saturated carbocycles. The maximum absolute atomic E-state index is 14.0. The minimum atomic E-state index is -0.945. The lowest BCUT2D eigenvalue weighted by molar-refractivity contribution is -0.119. The lowest BCUT2D eigenvalue weighted by atomic mass is 9.96. The fourth-order valence-corrected chi connectivity index (χ4v) is 5.19. The van der Waals surface area contributed by atoms with Crippen molar-refractivity contribution in [3.8, 4) is 11.7 Å². The standard InChI is InChI=1S/C30H24FN5O4/c31-20-10-11-22-24(17-20)39-27(26(22)36-12-14-38-15-13-36)29-34-35-30(40-29)33-28-23(37)16-19-8-4-5-9-21(19)25(32-28)18-6-2-1-3-7-18/h1-11,17,28H,12-16H2,(H,33,35)/t28-/m1/s1. The summed E-state index contributed by atoms with van der Waals surface area (Å²) >= 11 is 0. The predicted octanol–water partition coefficient (Wildman–Crippen LogP) is 4.86. The quantitative estimate of drug-likeness (QED) is 0.339. The van der Waals surface area contributed by atoms with Gasteiger partial charge in [-0.3, -0.25) is 9.79 Å². The number of nitrogens with one attached hydrogen (secondary N) is 1. The number of carbonyl (C=O) groups excluding carboxylic acids is 1. The van der Waals surface area contributed by atoms with Gasteiger partial charge < -0.3 is 23.8 Å². The zero-order chi connectivity index (χ0) is 27.1. The number of hydrogen-bond donors (Lipinski definition) is 1. The maximum Gasteiger partial charge on any atom is 0.317 e. The topological polar surface area (TPSA) is 106 Å². The van der Waals surface area contributed by atoms with Crippen LogP contribution < -0.4 is 10.2 Å². The summed E-state index contributed by atoms with van der Waals surface area (Å²) in [5.74, 6) is -0.103. The number of Topliss-reactive ketones (excluding diaryl/α,β-unsaturated/α-hetero) is 1. The van der Waals surface area contributed by atoms with Crippen molar-refractivity contribution in [2.24, 2.45) is 4.99 Å². The first-order chi connectivity index (χ1) is 19.6. The first-order valence-electron chi connectivity index (χ1n) is 13.0. The summed E-state index contributed by atoms with van der Waals surface area (Å²) in [5, 5.41) is 12.1. The normalized spacial score (nSPS) is 17.4. The highest BCUT2D eigenvalue weighted by Crippen LogP contribution is 2.41. The van der Waals surface area contributed by atoms with Crippen LogP contribution in [0.25, 0.3) is 22.6 Å². The number of fused-ring (bicyclic) bond motifs is 2. The monoisotopic (exact) mass is 537 g/mol. The molecule has 10 heteroatoms. The molecule has 200 valence electrons. The number of benzene rings is 3. The Balaban J connectivity index is 1.25. The predicted molar refractivity (Wildman–Crippen MR) is 147 cm³/mol. The molecule has 40 heavy (non-hydrogen) atoms. The fraction of sp³-hybridized carbons (Fsp3) is 0.200. The molecule has 2 aromatic heterocycles. The number of ketones is 1. The molecule has 1 N–H and O–H groups in total. The zero-order valence-corrected chi connectivity index (χ0v) is 21.3. The van der Waals surface area contributed by atoms with Crippen LogP contribution >= 0.6 is 0 Å². The molecule has 1 fully saturated rings. The Morgan fingerprint density at radius 3 is 2.58 bits per heavy atom. The van der Waals surface area contributed by atoms with Crippen LogP contribution in [0.15, 0.2) is 86.6 Å². The molecule has 1 saturated heterocycles. The van der Waals surface area contributed by atoms with Crippen molar-refractivity contribution >= 4 is 34.2 Å². The molecule has 1 atom stereocenters. The van der Waals surface area contributed by atoms with Crippen LogP contribution in [0, 0.1) is 5.82 Å². The number of ether oxygens (including phenoxy) is 1. The van der Waals surface area contributed by atoms with E-state index in [4.69, 9.17) is 18.6 Å².